The van der Waals surface area contributed by atoms with E-state index in [0.717, 1.165) is 10.4 Å². The molecule has 10 heteroatoms. The Morgan fingerprint density at radius 2 is 1.71 bits per heavy atom. The first-order valence-corrected chi connectivity index (χ1v) is 12.8. The minimum Gasteiger partial charge on any atom is -0.507 e. The predicted octanol–water partition coefficient (Wildman–Crippen LogP) is 5.66. The zero-order valence-electron chi connectivity index (χ0n) is 21.1. The molecular weight excluding hydrogens is 526 g/mol. The minimum absolute atomic E-state index is 0.0913. The molecule has 4 aromatic rings. The van der Waals surface area contributed by atoms with E-state index >= 15 is 0 Å². The summed E-state index contributed by atoms with van der Waals surface area (Å²) in [4.78, 5) is 35.0. The average molecular weight is 550 g/mol. The molecule has 0 aliphatic carbocycles. The van der Waals surface area contributed by atoms with Gasteiger partial charge in [0.15, 0.2) is 5.13 Å². The number of rotatable bonds is 6. The number of thiazole rings is 1. The van der Waals surface area contributed by atoms with E-state index in [1.165, 1.54) is 42.6 Å². The lowest BCUT2D eigenvalue weighted by Gasteiger charge is -2.24. The summed E-state index contributed by atoms with van der Waals surface area (Å²) in [5.74, 6) is -1.46. The van der Waals surface area contributed by atoms with Gasteiger partial charge in [-0.15, -0.1) is 0 Å². The maximum atomic E-state index is 13.5. The molecule has 1 unspecified atom stereocenters. The Morgan fingerprint density at radius 1 is 1.03 bits per heavy atom. The number of aliphatic hydroxyl groups excluding tert-OH is 1. The van der Waals surface area contributed by atoms with Crippen LogP contribution in [0.2, 0.25) is 5.02 Å². The molecule has 1 fully saturated rings. The molecule has 0 spiro atoms. The number of amides is 1. The number of nitrogens with zero attached hydrogens (tertiary/aromatic N) is 3. The van der Waals surface area contributed by atoms with Crippen LogP contribution in [0.15, 0.2) is 66.2 Å². The summed E-state index contributed by atoms with van der Waals surface area (Å²) in [7, 11) is 6.72. The SMILES string of the molecule is COc1cc(OC)c(/C(O)=C2\C(=O)C(=O)N(c3nc4ccccc4s3)C2c2ccc(N(C)C)cc2)cc1Cl. The van der Waals surface area contributed by atoms with E-state index in [1.54, 1.807) is 0 Å². The van der Waals surface area contributed by atoms with Gasteiger partial charge >= 0.3 is 5.91 Å². The lowest BCUT2D eigenvalue weighted by Crippen LogP contribution is -2.29. The number of Topliss-reactive ketones (excluding diaryl/α,β-unsaturated/α-hetero) is 1. The highest BCUT2D eigenvalue weighted by Gasteiger charge is 2.48. The first kappa shape index (κ1) is 25.6. The van der Waals surface area contributed by atoms with Crippen molar-refractivity contribution < 1.29 is 24.2 Å². The third-order valence-corrected chi connectivity index (χ3v) is 7.72. The van der Waals surface area contributed by atoms with E-state index in [1.807, 2.05) is 67.5 Å². The predicted molar refractivity (Wildman–Crippen MR) is 150 cm³/mol. The summed E-state index contributed by atoms with van der Waals surface area (Å²) in [6.45, 7) is 0. The lowest BCUT2D eigenvalue weighted by molar-refractivity contribution is -0.132. The van der Waals surface area contributed by atoms with Gasteiger partial charge in [0, 0.05) is 25.8 Å². The molecule has 1 atom stereocenters. The van der Waals surface area contributed by atoms with Crippen molar-refractivity contribution in [3.63, 3.8) is 0 Å². The Hall–Kier alpha value is -4.08. The van der Waals surface area contributed by atoms with Gasteiger partial charge in [0.2, 0.25) is 0 Å². The van der Waals surface area contributed by atoms with Gasteiger partial charge in [-0.25, -0.2) is 4.98 Å². The molecule has 8 nitrogen and oxygen atoms in total. The molecule has 0 radical (unpaired) electrons. The molecule has 0 saturated carbocycles. The fourth-order valence-electron chi connectivity index (χ4n) is 4.45. The molecule has 2 heterocycles. The van der Waals surface area contributed by atoms with Gasteiger partial charge in [-0.2, -0.15) is 0 Å². The smallest absolute Gasteiger partial charge is 0.301 e. The van der Waals surface area contributed by atoms with Crippen LogP contribution in [-0.4, -0.2) is 50.1 Å². The van der Waals surface area contributed by atoms with Crippen LogP contribution in [0.5, 0.6) is 11.5 Å². The van der Waals surface area contributed by atoms with Crippen LogP contribution < -0.4 is 19.3 Å². The highest BCUT2D eigenvalue weighted by molar-refractivity contribution is 7.22. The molecule has 1 saturated heterocycles. The van der Waals surface area contributed by atoms with Crippen molar-refractivity contribution in [3.8, 4) is 11.5 Å². The molecule has 194 valence electrons. The van der Waals surface area contributed by atoms with Gasteiger partial charge in [0.1, 0.15) is 17.3 Å². The summed E-state index contributed by atoms with van der Waals surface area (Å²) in [5.41, 5.74) is 2.35. The molecule has 1 aliphatic heterocycles. The number of aliphatic hydroxyl groups is 1. The third kappa shape index (κ3) is 4.23. The van der Waals surface area contributed by atoms with Gasteiger partial charge in [-0.1, -0.05) is 47.2 Å². The number of fused-ring (bicyclic) bond motifs is 1. The zero-order valence-corrected chi connectivity index (χ0v) is 22.6. The van der Waals surface area contributed by atoms with Crippen LogP contribution in [0.3, 0.4) is 0 Å². The van der Waals surface area contributed by atoms with Gasteiger partial charge < -0.3 is 19.5 Å². The maximum absolute atomic E-state index is 13.5. The molecule has 1 aromatic heterocycles. The number of carbonyl (C=O) groups excluding carboxylic acids is 2. The van der Waals surface area contributed by atoms with Crippen molar-refractivity contribution in [1.82, 2.24) is 4.98 Å². The number of hydrogen-bond acceptors (Lipinski definition) is 8. The number of benzene rings is 3. The van der Waals surface area contributed by atoms with Gasteiger partial charge in [0.25, 0.3) is 5.78 Å². The lowest BCUT2D eigenvalue weighted by atomic mass is 9.95. The molecular formula is C28H24ClN3O5S. The normalized spacial score (nSPS) is 16.8. The highest BCUT2D eigenvalue weighted by Crippen LogP contribution is 2.46. The van der Waals surface area contributed by atoms with E-state index < -0.39 is 23.5 Å². The van der Waals surface area contributed by atoms with Gasteiger partial charge in [-0.05, 0) is 35.9 Å². The van der Waals surface area contributed by atoms with Crippen molar-refractivity contribution in [2.24, 2.45) is 0 Å². The number of hydrogen-bond donors (Lipinski definition) is 1. The maximum Gasteiger partial charge on any atom is 0.301 e. The number of methoxy groups -OCH3 is 2. The van der Waals surface area contributed by atoms with Crippen molar-refractivity contribution in [2.45, 2.75) is 6.04 Å². The third-order valence-electron chi connectivity index (χ3n) is 6.39. The number of ketones is 1. The first-order chi connectivity index (χ1) is 18.2. The van der Waals surface area contributed by atoms with Crippen molar-refractivity contribution in [2.75, 3.05) is 38.1 Å². The Balaban J connectivity index is 1.75. The van der Waals surface area contributed by atoms with E-state index in [0.29, 0.717) is 22.0 Å². The standard InChI is InChI=1S/C28H24ClN3O5S/c1-31(2)16-11-9-15(10-12-16)24-23(25(33)17-13-18(29)21(37-4)14-20(17)36-3)26(34)27(35)32(24)28-30-19-7-5-6-8-22(19)38-28/h5-14,24,33H,1-4H3/b25-23+. The molecule has 3 aromatic carbocycles. The molecule has 1 aliphatic rings. The topological polar surface area (TPSA) is 92.2 Å². The number of anilines is 2. The van der Waals surface area contributed by atoms with Crippen LogP contribution >= 0.6 is 22.9 Å². The van der Waals surface area contributed by atoms with Crippen LogP contribution in [0.1, 0.15) is 17.2 Å². The Bertz CT molecular complexity index is 1560. The quantitative estimate of drug-likeness (QED) is 0.188. The highest BCUT2D eigenvalue weighted by atomic mass is 35.5. The summed E-state index contributed by atoms with van der Waals surface area (Å²) >= 11 is 7.65. The second kappa shape index (κ2) is 10.00. The van der Waals surface area contributed by atoms with E-state index in [-0.39, 0.29) is 21.9 Å². The zero-order chi connectivity index (χ0) is 27.1. The van der Waals surface area contributed by atoms with Crippen LogP contribution in [0.4, 0.5) is 10.8 Å². The Morgan fingerprint density at radius 3 is 2.34 bits per heavy atom. The number of ether oxygens (including phenoxy) is 2. The molecule has 5 rings (SSSR count). The monoisotopic (exact) mass is 549 g/mol. The fourth-order valence-corrected chi connectivity index (χ4v) is 5.69. The average Bonchev–Trinajstić information content (AvgIpc) is 3.46. The number of para-hydroxylation sites is 1. The fraction of sp³-hybridized carbons (Fsp3) is 0.179. The Labute approximate surface area is 228 Å². The van der Waals surface area contributed by atoms with E-state index in [2.05, 4.69) is 4.98 Å². The largest absolute Gasteiger partial charge is 0.507 e. The van der Waals surface area contributed by atoms with Crippen molar-refractivity contribution in [3.05, 3.63) is 82.4 Å². The van der Waals surface area contributed by atoms with Crippen molar-refractivity contribution >= 4 is 61.4 Å². The molecule has 1 N–H and O–H groups in total. The Kier molecular flexibility index (Phi) is 6.73. The molecule has 0 bridgehead atoms. The summed E-state index contributed by atoms with van der Waals surface area (Å²) in [6.07, 6.45) is 0. The van der Waals surface area contributed by atoms with E-state index in [4.69, 9.17) is 21.1 Å². The van der Waals surface area contributed by atoms with Crippen LogP contribution in [0, 0.1) is 0 Å². The second-order valence-corrected chi connectivity index (χ2v) is 10.2. The second-order valence-electron chi connectivity index (χ2n) is 8.81. The summed E-state index contributed by atoms with van der Waals surface area (Å²) < 4.78 is 11.6. The number of aromatic nitrogens is 1. The van der Waals surface area contributed by atoms with Gasteiger partial charge in [-0.3, -0.25) is 14.5 Å². The minimum atomic E-state index is -0.933. The van der Waals surface area contributed by atoms with Crippen LogP contribution in [-0.2, 0) is 9.59 Å². The van der Waals surface area contributed by atoms with E-state index in [9.17, 15) is 14.7 Å². The molecule has 1 amide bonds. The van der Waals surface area contributed by atoms with Crippen LogP contribution in [0.25, 0.3) is 16.0 Å². The van der Waals surface area contributed by atoms with Crippen molar-refractivity contribution in [1.29, 1.82) is 0 Å². The summed E-state index contributed by atoms with van der Waals surface area (Å²) in [6, 6.07) is 17.0. The molecule has 38 heavy (non-hydrogen) atoms. The number of halogens is 1. The summed E-state index contributed by atoms with van der Waals surface area (Å²) in [5, 5.41) is 12.1. The number of carbonyl (C=O) groups is 2. The van der Waals surface area contributed by atoms with Gasteiger partial charge in [0.05, 0.1) is 46.6 Å². The first-order valence-electron chi connectivity index (χ1n) is 11.6.